The average Bonchev–Trinajstić information content (AvgIpc) is 3.54. The van der Waals surface area contributed by atoms with Crippen molar-refractivity contribution in [2.24, 2.45) is 0 Å². The summed E-state index contributed by atoms with van der Waals surface area (Å²) < 4.78 is 14.5. The van der Waals surface area contributed by atoms with E-state index in [2.05, 4.69) is 9.97 Å². The number of halogens is 2. The van der Waals surface area contributed by atoms with E-state index in [9.17, 15) is 0 Å². The molecule has 0 saturated carbocycles. The number of hydrogen-bond donors (Lipinski definition) is 0. The third-order valence-corrected chi connectivity index (χ3v) is 5.19. The van der Waals surface area contributed by atoms with E-state index in [4.69, 9.17) is 14.5 Å². The molecule has 181 valence electrons. The number of nitrogens with zero attached hydrogens (tertiary/aromatic N) is 5. The molecule has 0 aliphatic heterocycles. The van der Waals surface area contributed by atoms with E-state index in [1.165, 1.54) is 0 Å². The molecule has 2 aromatic carbocycles. The molecule has 3 aromatic heterocycles. The van der Waals surface area contributed by atoms with Crippen LogP contribution in [0.4, 0.5) is 0 Å². The number of hydrogen-bond acceptors (Lipinski definition) is 5. The first-order chi connectivity index (χ1) is 15.8. The largest absolute Gasteiger partial charge is 2.00 e. The van der Waals surface area contributed by atoms with Crippen molar-refractivity contribution in [1.29, 1.82) is 0 Å². The summed E-state index contributed by atoms with van der Waals surface area (Å²) in [4.78, 5) is 14.0. The first-order valence-electron chi connectivity index (χ1n) is 10.1. The van der Waals surface area contributed by atoms with Crippen LogP contribution >= 0.6 is 0 Å². The van der Waals surface area contributed by atoms with Crippen LogP contribution in [0.15, 0.2) is 91.5 Å². The molecule has 7 nitrogen and oxygen atoms in total. The zero-order valence-electron chi connectivity index (χ0n) is 18.8. The molecule has 10 heteroatoms. The molecule has 5 rings (SSSR count). The summed E-state index contributed by atoms with van der Waals surface area (Å²) in [6.07, 6.45) is 7.38. The van der Waals surface area contributed by atoms with Gasteiger partial charge in [-0.25, -0.2) is 15.0 Å². The summed E-state index contributed by atoms with van der Waals surface area (Å²) in [5.74, 6) is 3.11. The Hall–Kier alpha value is -3.30. The van der Waals surface area contributed by atoms with Gasteiger partial charge in [0.1, 0.15) is 22.9 Å². The van der Waals surface area contributed by atoms with Crippen molar-refractivity contribution in [1.82, 2.24) is 24.1 Å². The minimum atomic E-state index is 0. The Bertz CT molecular complexity index is 1250. The van der Waals surface area contributed by atoms with E-state index in [0.29, 0.717) is 0 Å². The van der Waals surface area contributed by atoms with Gasteiger partial charge in [-0.15, -0.1) is 0 Å². The number of imidazole rings is 2. The number of rotatable bonds is 6. The van der Waals surface area contributed by atoms with Crippen LogP contribution in [0, 0.1) is 0 Å². The Labute approximate surface area is 226 Å². The maximum absolute atomic E-state index is 5.27. The predicted octanol–water partition coefficient (Wildman–Crippen LogP) is -1.19. The topological polar surface area (TPSA) is 67.0 Å². The summed E-state index contributed by atoms with van der Waals surface area (Å²) in [5.41, 5.74) is 3.47. The van der Waals surface area contributed by atoms with Gasteiger partial charge in [0.15, 0.2) is 11.6 Å². The predicted molar refractivity (Wildman–Crippen MR) is 122 cm³/mol. The fourth-order valence-corrected chi connectivity index (χ4v) is 3.57. The summed E-state index contributed by atoms with van der Waals surface area (Å²) in [6.45, 7) is 0. The maximum atomic E-state index is 5.27. The molecule has 0 spiro atoms. The van der Waals surface area contributed by atoms with Gasteiger partial charge in [-0.2, -0.15) is 0 Å². The average molecular weight is 553 g/mol. The Morgan fingerprint density at radius 1 is 0.600 bits per heavy atom. The molecular formula is C25H21Cl2CoN5O2. The third-order valence-electron chi connectivity index (χ3n) is 5.19. The van der Waals surface area contributed by atoms with E-state index in [1.54, 1.807) is 26.6 Å². The van der Waals surface area contributed by atoms with E-state index < -0.39 is 0 Å². The molecule has 35 heavy (non-hydrogen) atoms. The fraction of sp³-hybridized carbons (Fsp3) is 0.0800. The van der Waals surface area contributed by atoms with Crippen LogP contribution in [0.2, 0.25) is 0 Å². The van der Waals surface area contributed by atoms with Crippen LogP contribution in [0.5, 0.6) is 11.5 Å². The molecule has 0 saturated heterocycles. The molecule has 1 radical (unpaired) electrons. The van der Waals surface area contributed by atoms with Crippen LogP contribution in [0.1, 0.15) is 0 Å². The minimum Gasteiger partial charge on any atom is -1.00 e. The third kappa shape index (κ3) is 5.68. The van der Waals surface area contributed by atoms with Crippen molar-refractivity contribution in [3.8, 4) is 45.9 Å². The van der Waals surface area contributed by atoms with Crippen molar-refractivity contribution in [3.63, 3.8) is 0 Å². The van der Waals surface area contributed by atoms with Crippen LogP contribution in [-0.4, -0.2) is 38.3 Å². The number of methoxy groups -OCH3 is 2. The van der Waals surface area contributed by atoms with Gasteiger partial charge in [0.25, 0.3) is 0 Å². The second-order valence-corrected chi connectivity index (χ2v) is 7.05. The molecule has 0 unspecified atom stereocenters. The quantitative estimate of drug-likeness (QED) is 0.265. The standard InChI is InChI=1S/C25H21N5O2.2ClH.Co/c1-31-20-10-6-18(7-11-20)29-16-14-26-24(29)22-4-3-5-23(28-22)25-27-15-17-30(25)19-8-12-21(32-2)13-9-19;;;/h3-17H,1-2H3;2*1H;/q;;;+2/p-2. The first-order valence-corrected chi connectivity index (χ1v) is 10.1. The molecular weight excluding hydrogens is 532 g/mol. The molecule has 0 bridgehead atoms. The summed E-state index contributed by atoms with van der Waals surface area (Å²) >= 11 is 0. The second kappa shape index (κ2) is 12.4. The summed E-state index contributed by atoms with van der Waals surface area (Å²) in [6, 6.07) is 21.5. The zero-order chi connectivity index (χ0) is 21.9. The zero-order valence-corrected chi connectivity index (χ0v) is 21.4. The van der Waals surface area contributed by atoms with Crippen molar-refractivity contribution < 1.29 is 51.1 Å². The molecule has 0 atom stereocenters. The number of pyridine rings is 1. The molecule has 0 N–H and O–H groups in total. The number of ether oxygens (including phenoxy) is 2. The van der Waals surface area contributed by atoms with Crippen molar-refractivity contribution in [3.05, 3.63) is 91.5 Å². The normalized spacial score (nSPS) is 9.89. The van der Waals surface area contributed by atoms with E-state index in [0.717, 1.165) is 45.9 Å². The van der Waals surface area contributed by atoms with Gasteiger partial charge >= 0.3 is 16.8 Å². The molecule has 0 fully saturated rings. The van der Waals surface area contributed by atoms with E-state index in [-0.39, 0.29) is 41.6 Å². The summed E-state index contributed by atoms with van der Waals surface area (Å²) in [5, 5.41) is 0. The van der Waals surface area contributed by atoms with Gasteiger partial charge in [0, 0.05) is 36.2 Å². The molecule has 0 aliphatic carbocycles. The van der Waals surface area contributed by atoms with Gasteiger partial charge < -0.3 is 34.3 Å². The fourth-order valence-electron chi connectivity index (χ4n) is 3.57. The van der Waals surface area contributed by atoms with Crippen molar-refractivity contribution >= 4 is 0 Å². The van der Waals surface area contributed by atoms with Crippen LogP contribution in [0.3, 0.4) is 0 Å². The monoisotopic (exact) mass is 552 g/mol. The Morgan fingerprint density at radius 3 is 1.37 bits per heavy atom. The SMILES string of the molecule is COc1ccc(-n2ccnc2-c2cccc(-c3nccn3-c3ccc(OC)cc3)n2)cc1.[Cl-].[Cl-].[Co+2]. The number of benzene rings is 2. The summed E-state index contributed by atoms with van der Waals surface area (Å²) in [7, 11) is 3.31. The first kappa shape index (κ1) is 27.9. The van der Waals surface area contributed by atoms with Crippen LogP contribution < -0.4 is 34.3 Å². The Balaban J connectivity index is 0.00000144. The van der Waals surface area contributed by atoms with E-state index in [1.807, 2.05) is 88.3 Å². The molecule has 5 aromatic rings. The van der Waals surface area contributed by atoms with Gasteiger partial charge in [-0.1, -0.05) is 6.07 Å². The van der Waals surface area contributed by atoms with Crippen LogP contribution in [-0.2, 0) is 16.8 Å². The smallest absolute Gasteiger partial charge is 1.00 e. The van der Waals surface area contributed by atoms with Crippen molar-refractivity contribution in [2.45, 2.75) is 0 Å². The van der Waals surface area contributed by atoms with Gasteiger partial charge in [-0.05, 0) is 60.7 Å². The van der Waals surface area contributed by atoms with Crippen molar-refractivity contribution in [2.75, 3.05) is 14.2 Å². The molecule has 0 aliphatic rings. The van der Waals surface area contributed by atoms with Gasteiger partial charge in [-0.3, -0.25) is 9.13 Å². The van der Waals surface area contributed by atoms with Gasteiger partial charge in [0.2, 0.25) is 0 Å². The maximum Gasteiger partial charge on any atom is 2.00 e. The molecule has 0 amide bonds. The minimum absolute atomic E-state index is 0. The van der Waals surface area contributed by atoms with Gasteiger partial charge in [0.05, 0.1) is 14.2 Å². The van der Waals surface area contributed by atoms with Crippen LogP contribution in [0.25, 0.3) is 34.4 Å². The Kier molecular flexibility index (Phi) is 9.91. The molecule has 3 heterocycles. The van der Waals surface area contributed by atoms with E-state index >= 15 is 0 Å². The number of aromatic nitrogens is 5. The Morgan fingerprint density at radius 2 is 1.00 bits per heavy atom. The second-order valence-electron chi connectivity index (χ2n) is 7.05.